The first-order valence-electron chi connectivity index (χ1n) is 24.4. The molecule has 1 aromatic heterocycles. The van der Waals surface area contributed by atoms with Gasteiger partial charge in [0.2, 0.25) is 5.79 Å². The average Bonchev–Trinajstić information content (AvgIpc) is 3.77. The monoisotopic (exact) mass is 921 g/mol. The third-order valence-electron chi connectivity index (χ3n) is 14.8. The molecule has 14 atom stereocenters. The third-order valence-corrected chi connectivity index (χ3v) is 14.8. The Labute approximate surface area is 391 Å². The number of amides is 1. The maximum atomic E-state index is 14.6. The highest BCUT2D eigenvalue weighted by Gasteiger charge is 2.56. The summed E-state index contributed by atoms with van der Waals surface area (Å²) >= 11 is 0. The number of aromatic nitrogens is 1. The highest BCUT2D eigenvalue weighted by molar-refractivity contribution is 6.39. The van der Waals surface area contributed by atoms with E-state index in [1.807, 2.05) is 64.2 Å². The van der Waals surface area contributed by atoms with Crippen molar-refractivity contribution in [2.75, 3.05) is 27.4 Å². The Kier molecular flexibility index (Phi) is 17.9. The molecule has 66 heavy (non-hydrogen) atoms. The minimum absolute atomic E-state index is 0.0196. The topological polar surface area (TPSA) is 183 Å². The lowest BCUT2D eigenvalue weighted by molar-refractivity contribution is -0.302. The van der Waals surface area contributed by atoms with E-state index in [4.69, 9.17) is 28.4 Å². The first kappa shape index (κ1) is 51.5. The van der Waals surface area contributed by atoms with Crippen LogP contribution in [0.2, 0.25) is 0 Å². The van der Waals surface area contributed by atoms with Gasteiger partial charge in [-0.2, -0.15) is 0 Å². The Balaban J connectivity index is 1.31. The molecule has 3 N–H and O–H groups in total. The number of ketones is 2. The summed E-state index contributed by atoms with van der Waals surface area (Å²) in [6, 6.07) is 6.85. The quantitative estimate of drug-likeness (QED) is 0.129. The number of aromatic amines is 1. The Hall–Kier alpha value is -3.92. The van der Waals surface area contributed by atoms with Crippen LogP contribution in [0.4, 0.5) is 0 Å². The summed E-state index contributed by atoms with van der Waals surface area (Å²) in [5.74, 6) is -6.70. The average molecular weight is 921 g/mol. The first-order chi connectivity index (χ1) is 31.5. The molecule has 4 heterocycles. The molecule has 2 aromatic rings. The van der Waals surface area contributed by atoms with Gasteiger partial charge in [0.05, 0.1) is 24.4 Å². The van der Waals surface area contributed by atoms with E-state index in [-0.39, 0.29) is 55.6 Å². The zero-order valence-corrected chi connectivity index (χ0v) is 40.7. The maximum Gasteiger partial charge on any atom is 0.329 e. The second kappa shape index (κ2) is 22.9. The number of carbonyl (C=O) groups excluding carboxylic acids is 4. The Morgan fingerprint density at radius 3 is 2.39 bits per heavy atom. The van der Waals surface area contributed by atoms with Crippen molar-refractivity contribution in [2.24, 2.45) is 29.6 Å². The number of hydrogen-bond acceptors (Lipinski definition) is 12. The van der Waals surface area contributed by atoms with Crippen LogP contribution in [0.1, 0.15) is 119 Å². The molecule has 3 aliphatic heterocycles. The van der Waals surface area contributed by atoms with Gasteiger partial charge in [-0.3, -0.25) is 14.4 Å². The highest BCUT2D eigenvalue weighted by atomic mass is 16.7. The van der Waals surface area contributed by atoms with Crippen molar-refractivity contribution < 1.29 is 57.8 Å². The molecule has 2 saturated heterocycles. The van der Waals surface area contributed by atoms with Crippen LogP contribution in [-0.4, -0.2) is 125 Å². The van der Waals surface area contributed by atoms with E-state index in [1.165, 1.54) is 4.90 Å². The number of nitrogens with zero attached hydrogens (tertiary/aromatic N) is 1. The lowest BCUT2D eigenvalue weighted by Crippen LogP contribution is -2.64. The number of aliphatic hydroxyl groups excluding tert-OH is 1. The van der Waals surface area contributed by atoms with Crippen molar-refractivity contribution in [3.05, 3.63) is 53.8 Å². The van der Waals surface area contributed by atoms with Crippen LogP contribution in [0, 0.1) is 29.6 Å². The number of Topliss-reactive ketones (excluding diaryl/α,β-unsaturated/α-hetero) is 2. The summed E-state index contributed by atoms with van der Waals surface area (Å²) in [6.45, 7) is 13.9. The summed E-state index contributed by atoms with van der Waals surface area (Å²) < 4.78 is 37.3. The Morgan fingerprint density at radius 2 is 1.68 bits per heavy atom. The van der Waals surface area contributed by atoms with E-state index in [1.54, 1.807) is 28.1 Å². The number of aliphatic hydroxyl groups is 2. The zero-order valence-electron chi connectivity index (χ0n) is 40.7. The second-order valence-electron chi connectivity index (χ2n) is 19.7. The van der Waals surface area contributed by atoms with Crippen LogP contribution in [0.3, 0.4) is 0 Å². The molecular weight excluding hydrogens is 845 g/mol. The predicted octanol–water partition coefficient (Wildman–Crippen LogP) is 7.43. The SMILES string of the molecule is CCOC1CC(C=C(C)C2OC(=O)C3CCCCN3C(=O)C(=O)C3(O)OC(C(OC)CC(C)CC(C)=CC(CC)C(=O)CC(O)C2C)C(OC)CC3C)CCC1Oc1ccc2[nH]ccc2c1. The fourth-order valence-electron chi connectivity index (χ4n) is 10.9. The molecule has 0 spiro atoms. The molecule has 14 heteroatoms. The molecule has 1 aromatic carbocycles. The molecule has 366 valence electrons. The maximum absolute atomic E-state index is 14.6. The van der Waals surface area contributed by atoms with Gasteiger partial charge in [-0.05, 0) is 127 Å². The van der Waals surface area contributed by atoms with Crippen LogP contribution < -0.4 is 4.74 Å². The molecular formula is C52H76N2O12. The van der Waals surface area contributed by atoms with Crippen LogP contribution in [0.25, 0.3) is 10.9 Å². The predicted molar refractivity (Wildman–Crippen MR) is 249 cm³/mol. The molecule has 1 saturated carbocycles. The number of allylic oxidation sites excluding steroid dienone is 3. The fourth-order valence-corrected chi connectivity index (χ4v) is 10.9. The van der Waals surface area contributed by atoms with Gasteiger partial charge in [0.15, 0.2) is 0 Å². The Bertz CT molecular complexity index is 2050. The molecule has 1 amide bonds. The molecule has 14 nitrogen and oxygen atoms in total. The van der Waals surface area contributed by atoms with E-state index in [2.05, 4.69) is 18.0 Å². The highest BCUT2D eigenvalue weighted by Crippen LogP contribution is 2.40. The second-order valence-corrected chi connectivity index (χ2v) is 19.7. The van der Waals surface area contributed by atoms with Gasteiger partial charge in [-0.15, -0.1) is 0 Å². The molecule has 0 radical (unpaired) electrons. The van der Waals surface area contributed by atoms with Gasteiger partial charge in [-0.25, -0.2) is 4.79 Å². The van der Waals surface area contributed by atoms with Gasteiger partial charge >= 0.3 is 5.97 Å². The number of benzene rings is 1. The van der Waals surface area contributed by atoms with Gasteiger partial charge in [-0.1, -0.05) is 45.4 Å². The minimum Gasteiger partial charge on any atom is -0.488 e. The van der Waals surface area contributed by atoms with Crippen molar-refractivity contribution in [1.82, 2.24) is 9.88 Å². The number of methoxy groups -OCH3 is 2. The van der Waals surface area contributed by atoms with Gasteiger partial charge in [0, 0.05) is 68.6 Å². The van der Waals surface area contributed by atoms with Crippen LogP contribution in [0.15, 0.2) is 53.8 Å². The van der Waals surface area contributed by atoms with Crippen LogP contribution >= 0.6 is 0 Å². The lowest BCUT2D eigenvalue weighted by Gasteiger charge is -2.47. The van der Waals surface area contributed by atoms with Gasteiger partial charge in [0.25, 0.3) is 11.7 Å². The number of esters is 1. The summed E-state index contributed by atoms with van der Waals surface area (Å²) in [5.41, 5.74) is 2.73. The minimum atomic E-state index is -2.51. The van der Waals surface area contributed by atoms with E-state index >= 15 is 0 Å². The van der Waals surface area contributed by atoms with E-state index in [0.717, 1.165) is 28.6 Å². The van der Waals surface area contributed by atoms with E-state index < -0.39 is 77.8 Å². The summed E-state index contributed by atoms with van der Waals surface area (Å²) in [6.07, 6.45) is 6.60. The number of H-pyrrole nitrogens is 1. The van der Waals surface area contributed by atoms with Gasteiger partial charge in [0.1, 0.15) is 35.9 Å². The van der Waals surface area contributed by atoms with E-state index in [9.17, 15) is 29.4 Å². The van der Waals surface area contributed by atoms with E-state index in [0.29, 0.717) is 57.1 Å². The molecule has 3 fully saturated rings. The molecule has 14 unspecified atom stereocenters. The normalized spacial score (nSPS) is 36.3. The molecule has 2 bridgehead atoms. The van der Waals surface area contributed by atoms with Crippen molar-refractivity contribution in [2.45, 2.75) is 174 Å². The Morgan fingerprint density at radius 1 is 0.939 bits per heavy atom. The number of rotatable bonds is 9. The number of nitrogens with one attached hydrogen (secondary N) is 1. The number of cyclic esters (lactones) is 1. The third kappa shape index (κ3) is 11.8. The summed E-state index contributed by atoms with van der Waals surface area (Å²) in [5, 5.41) is 25.1. The van der Waals surface area contributed by atoms with Crippen molar-refractivity contribution in [3.8, 4) is 5.75 Å². The smallest absolute Gasteiger partial charge is 0.329 e. The van der Waals surface area contributed by atoms with Gasteiger partial charge < -0.3 is 48.5 Å². The molecule has 4 aliphatic rings. The first-order valence-corrected chi connectivity index (χ1v) is 24.4. The number of fused-ring (bicyclic) bond motifs is 4. The zero-order chi connectivity index (χ0) is 47.9. The van der Waals surface area contributed by atoms with Crippen molar-refractivity contribution in [1.29, 1.82) is 0 Å². The van der Waals surface area contributed by atoms with Crippen molar-refractivity contribution >= 4 is 34.3 Å². The summed E-state index contributed by atoms with van der Waals surface area (Å²) in [7, 11) is 3.08. The van der Waals surface area contributed by atoms with Crippen LogP contribution in [-0.2, 0) is 42.9 Å². The molecule has 1 aliphatic carbocycles. The number of carbonyl (C=O) groups is 4. The lowest BCUT2D eigenvalue weighted by atomic mass is 9.81. The number of hydrogen-bond donors (Lipinski definition) is 3. The number of ether oxygens (including phenoxy) is 6. The van der Waals surface area contributed by atoms with Crippen LogP contribution in [0.5, 0.6) is 5.75 Å². The largest absolute Gasteiger partial charge is 0.488 e. The fraction of sp³-hybridized carbons (Fsp3) is 0.692. The van der Waals surface area contributed by atoms with Crippen molar-refractivity contribution in [3.63, 3.8) is 0 Å². The molecule has 6 rings (SSSR count). The summed E-state index contributed by atoms with van der Waals surface area (Å²) in [4.78, 5) is 61.8. The standard InChI is InChI=1S/C52H76N2O12/c1-10-36-23-30(3)22-31(4)24-45(61-8)48-46(62-9)26-33(6)52(60,66-48)49(57)50(58)54-21-13-12-14-40(54)51(59)65-47(34(7)41(55)29-42(36)56)32(5)25-35-15-18-43(44(27-35)63-11-2)64-38-16-17-39-37(28-38)19-20-53-39/h16-17,19-20,23,25,28,31,33-36,40-41,43-48,53,55,60H,10-15,18,21-22,24,26-27,29H2,1-9H3. The number of piperidine rings is 1.